The molecular formula is C14H16N4O. The molecule has 0 amide bonds. The van der Waals surface area contributed by atoms with Gasteiger partial charge in [-0.1, -0.05) is 0 Å². The number of fused-ring (bicyclic) bond motifs is 1. The van der Waals surface area contributed by atoms with Crippen LogP contribution in [0.4, 0.5) is 5.82 Å². The Balaban J connectivity index is 1.76. The van der Waals surface area contributed by atoms with Crippen molar-refractivity contribution in [3.05, 3.63) is 24.1 Å². The predicted octanol–water partition coefficient (Wildman–Crippen LogP) is 2.21. The molecule has 0 aliphatic carbocycles. The van der Waals surface area contributed by atoms with Crippen LogP contribution in [0, 0.1) is 11.3 Å². The van der Waals surface area contributed by atoms with Gasteiger partial charge in [0.1, 0.15) is 11.9 Å². The average molecular weight is 256 g/mol. The molecule has 0 atom stereocenters. The van der Waals surface area contributed by atoms with E-state index in [0.29, 0.717) is 17.4 Å². The molecule has 5 nitrogen and oxygen atoms in total. The summed E-state index contributed by atoms with van der Waals surface area (Å²) in [5.41, 5.74) is 0.658. The second-order valence-electron chi connectivity index (χ2n) is 5.05. The first-order chi connectivity index (χ1) is 9.24. The lowest BCUT2D eigenvalue weighted by Crippen LogP contribution is -2.36. The summed E-state index contributed by atoms with van der Waals surface area (Å²) in [6, 6.07) is 6.17. The van der Waals surface area contributed by atoms with Crippen LogP contribution in [0.2, 0.25) is 0 Å². The van der Waals surface area contributed by atoms with Crippen molar-refractivity contribution in [3.63, 3.8) is 0 Å². The number of aromatic nitrogens is 1. The molecule has 0 bridgehead atoms. The minimum Gasteiger partial charge on any atom is -0.444 e. The number of hydrogen-bond donors (Lipinski definition) is 1. The summed E-state index contributed by atoms with van der Waals surface area (Å²) in [5, 5.41) is 13.2. The van der Waals surface area contributed by atoms with Crippen LogP contribution in [-0.4, -0.2) is 36.1 Å². The molecule has 0 unspecified atom stereocenters. The van der Waals surface area contributed by atoms with Crippen LogP contribution in [0.1, 0.15) is 18.6 Å². The van der Waals surface area contributed by atoms with Crippen molar-refractivity contribution in [3.8, 4) is 6.07 Å². The summed E-state index contributed by atoms with van der Waals surface area (Å²) in [5.74, 6) is 1.18. The molecule has 19 heavy (non-hydrogen) atoms. The van der Waals surface area contributed by atoms with Crippen LogP contribution < -0.4 is 5.32 Å². The number of nitrogens with one attached hydrogen (secondary N) is 1. The number of anilines is 1. The molecule has 5 heteroatoms. The standard InChI is InChI=1S/C14H16N4O/c1-18-4-2-11(3-5-18)17-14-7-10-6-12(8-15)19-13(10)9-16-14/h6-7,9,11H,2-5H2,1H3,(H,16,17). The maximum Gasteiger partial charge on any atom is 0.204 e. The molecular weight excluding hydrogens is 240 g/mol. The van der Waals surface area contributed by atoms with Gasteiger partial charge in [0, 0.05) is 17.5 Å². The number of nitriles is 1. The Bertz CT molecular complexity index is 620. The van der Waals surface area contributed by atoms with Crippen molar-refractivity contribution in [2.24, 2.45) is 0 Å². The molecule has 0 saturated carbocycles. The van der Waals surface area contributed by atoms with E-state index in [1.54, 1.807) is 12.3 Å². The van der Waals surface area contributed by atoms with Crippen molar-refractivity contribution in [1.29, 1.82) is 5.26 Å². The van der Waals surface area contributed by atoms with Crippen LogP contribution in [0.15, 0.2) is 22.7 Å². The highest BCUT2D eigenvalue weighted by Gasteiger charge is 2.17. The van der Waals surface area contributed by atoms with E-state index in [-0.39, 0.29) is 0 Å². The smallest absolute Gasteiger partial charge is 0.204 e. The molecule has 0 radical (unpaired) electrons. The summed E-state index contributed by atoms with van der Waals surface area (Å²) in [6.45, 7) is 2.23. The topological polar surface area (TPSA) is 65.1 Å². The number of hydrogen-bond acceptors (Lipinski definition) is 5. The van der Waals surface area contributed by atoms with Crippen molar-refractivity contribution < 1.29 is 4.42 Å². The third kappa shape index (κ3) is 2.54. The lowest BCUT2D eigenvalue weighted by Gasteiger charge is -2.29. The van der Waals surface area contributed by atoms with Gasteiger partial charge in [0.2, 0.25) is 5.76 Å². The van der Waals surface area contributed by atoms with Crippen molar-refractivity contribution in [2.75, 3.05) is 25.5 Å². The Morgan fingerprint density at radius 2 is 2.21 bits per heavy atom. The number of likely N-dealkylation sites (tertiary alicyclic amines) is 1. The Morgan fingerprint density at radius 3 is 2.95 bits per heavy atom. The molecule has 3 heterocycles. The third-order valence-corrected chi connectivity index (χ3v) is 3.58. The second kappa shape index (κ2) is 4.90. The van der Waals surface area contributed by atoms with Gasteiger partial charge >= 0.3 is 0 Å². The fraction of sp³-hybridized carbons (Fsp3) is 0.429. The quantitative estimate of drug-likeness (QED) is 0.892. The summed E-state index contributed by atoms with van der Waals surface area (Å²) in [7, 11) is 2.15. The molecule has 0 spiro atoms. The summed E-state index contributed by atoms with van der Waals surface area (Å²) in [6.07, 6.45) is 3.93. The largest absolute Gasteiger partial charge is 0.444 e. The predicted molar refractivity (Wildman–Crippen MR) is 72.9 cm³/mol. The maximum atomic E-state index is 8.81. The lowest BCUT2D eigenvalue weighted by atomic mass is 10.1. The number of piperidine rings is 1. The molecule has 1 aliphatic heterocycles. The number of furan rings is 1. The minimum absolute atomic E-state index is 0.327. The molecule has 1 fully saturated rings. The van der Waals surface area contributed by atoms with Gasteiger partial charge in [0.15, 0.2) is 5.58 Å². The van der Waals surface area contributed by atoms with E-state index in [4.69, 9.17) is 9.68 Å². The fourth-order valence-electron chi connectivity index (χ4n) is 2.44. The van der Waals surface area contributed by atoms with Crippen LogP contribution >= 0.6 is 0 Å². The van der Waals surface area contributed by atoms with E-state index >= 15 is 0 Å². The maximum absolute atomic E-state index is 8.81. The number of rotatable bonds is 2. The van der Waals surface area contributed by atoms with Gasteiger partial charge < -0.3 is 14.6 Å². The molecule has 1 saturated heterocycles. The van der Waals surface area contributed by atoms with E-state index in [0.717, 1.165) is 37.1 Å². The highest BCUT2D eigenvalue weighted by molar-refractivity contribution is 5.80. The zero-order valence-corrected chi connectivity index (χ0v) is 10.9. The number of nitrogens with zero attached hydrogens (tertiary/aromatic N) is 3. The molecule has 1 aliphatic rings. The van der Waals surface area contributed by atoms with Crippen molar-refractivity contribution >= 4 is 16.8 Å². The highest BCUT2D eigenvalue weighted by Crippen LogP contribution is 2.22. The fourth-order valence-corrected chi connectivity index (χ4v) is 2.44. The summed E-state index contributed by atoms with van der Waals surface area (Å²) in [4.78, 5) is 6.68. The normalized spacial score (nSPS) is 17.5. The zero-order chi connectivity index (χ0) is 13.2. The zero-order valence-electron chi connectivity index (χ0n) is 10.9. The third-order valence-electron chi connectivity index (χ3n) is 3.58. The van der Waals surface area contributed by atoms with Gasteiger partial charge in [-0.25, -0.2) is 4.98 Å². The van der Waals surface area contributed by atoms with E-state index in [1.807, 2.05) is 12.1 Å². The monoisotopic (exact) mass is 256 g/mol. The van der Waals surface area contributed by atoms with E-state index in [1.165, 1.54) is 0 Å². The van der Waals surface area contributed by atoms with E-state index in [9.17, 15) is 0 Å². The molecule has 98 valence electrons. The van der Waals surface area contributed by atoms with Gasteiger partial charge in [-0.2, -0.15) is 5.26 Å². The Kier molecular flexibility index (Phi) is 3.10. The molecule has 2 aromatic heterocycles. The molecule has 2 aromatic rings. The lowest BCUT2D eigenvalue weighted by molar-refractivity contribution is 0.263. The van der Waals surface area contributed by atoms with Gasteiger partial charge in [-0.05, 0) is 39.0 Å². The van der Waals surface area contributed by atoms with Crippen LogP contribution in [0.5, 0.6) is 0 Å². The average Bonchev–Trinajstić information content (AvgIpc) is 2.83. The summed E-state index contributed by atoms with van der Waals surface area (Å²) >= 11 is 0. The van der Waals surface area contributed by atoms with Crippen LogP contribution in [-0.2, 0) is 0 Å². The molecule has 3 rings (SSSR count). The van der Waals surface area contributed by atoms with Crippen molar-refractivity contribution in [1.82, 2.24) is 9.88 Å². The van der Waals surface area contributed by atoms with Gasteiger partial charge in [0.05, 0.1) is 6.20 Å². The summed E-state index contributed by atoms with van der Waals surface area (Å²) < 4.78 is 5.32. The Labute approximate surface area is 111 Å². The van der Waals surface area contributed by atoms with E-state index < -0.39 is 0 Å². The number of pyridine rings is 1. The van der Waals surface area contributed by atoms with Gasteiger partial charge in [-0.3, -0.25) is 0 Å². The first-order valence-electron chi connectivity index (χ1n) is 6.49. The second-order valence-corrected chi connectivity index (χ2v) is 5.05. The molecule has 0 aromatic carbocycles. The minimum atomic E-state index is 0.327. The Morgan fingerprint density at radius 1 is 1.42 bits per heavy atom. The van der Waals surface area contributed by atoms with Gasteiger partial charge in [0.25, 0.3) is 0 Å². The first kappa shape index (κ1) is 12.0. The van der Waals surface area contributed by atoms with Crippen LogP contribution in [0.25, 0.3) is 11.0 Å². The SMILES string of the molecule is CN1CCC(Nc2cc3cc(C#N)oc3cn2)CC1. The highest BCUT2D eigenvalue weighted by atomic mass is 16.3. The van der Waals surface area contributed by atoms with Crippen molar-refractivity contribution in [2.45, 2.75) is 18.9 Å². The van der Waals surface area contributed by atoms with Crippen LogP contribution in [0.3, 0.4) is 0 Å². The molecule has 1 N–H and O–H groups in total. The Hall–Kier alpha value is -2.06. The van der Waals surface area contributed by atoms with Gasteiger partial charge in [-0.15, -0.1) is 0 Å². The van der Waals surface area contributed by atoms with E-state index in [2.05, 4.69) is 22.2 Å². The first-order valence-corrected chi connectivity index (χ1v) is 6.49.